The predicted octanol–water partition coefficient (Wildman–Crippen LogP) is 4.91. The molecule has 0 spiro atoms. The highest BCUT2D eigenvalue weighted by Crippen LogP contribution is 2.26. The lowest BCUT2D eigenvalue weighted by Crippen LogP contribution is -2.22. The number of rotatable bonds is 8. The van der Waals surface area contributed by atoms with Crippen molar-refractivity contribution >= 4 is 40.6 Å². The zero-order valence-corrected chi connectivity index (χ0v) is 17.8. The molecule has 6 nitrogen and oxygen atoms in total. The monoisotopic (exact) mass is 430 g/mol. The lowest BCUT2D eigenvalue weighted by molar-refractivity contribution is -0.114. The van der Waals surface area contributed by atoms with E-state index in [1.54, 1.807) is 18.2 Å². The number of anilines is 3. The Morgan fingerprint density at radius 2 is 1.68 bits per heavy atom. The van der Waals surface area contributed by atoms with Crippen LogP contribution in [0.15, 0.2) is 77.7 Å². The molecule has 0 atom stereocenters. The second-order valence-corrected chi connectivity index (χ2v) is 7.71. The highest BCUT2D eigenvalue weighted by atomic mass is 32.2. The largest absolute Gasteiger partial charge is 0.376 e. The van der Waals surface area contributed by atoms with Crippen LogP contribution in [0.4, 0.5) is 17.1 Å². The summed E-state index contributed by atoms with van der Waals surface area (Å²) < 4.78 is 0. The summed E-state index contributed by atoms with van der Waals surface area (Å²) in [5.74, 6) is -0.131. The highest BCUT2D eigenvalue weighted by molar-refractivity contribution is 7.99. The fourth-order valence-electron chi connectivity index (χ4n) is 2.85. The van der Waals surface area contributed by atoms with Gasteiger partial charge in [-0.1, -0.05) is 36.4 Å². The highest BCUT2D eigenvalue weighted by Gasteiger charge is 2.11. The second-order valence-electron chi connectivity index (χ2n) is 6.69. The molecule has 0 aromatic heterocycles. The van der Waals surface area contributed by atoms with Gasteiger partial charge in [-0.05, 0) is 48.9 Å². The van der Waals surface area contributed by atoms with Gasteiger partial charge in [0.15, 0.2) is 0 Å². The smallest absolute Gasteiger partial charge is 0.255 e. The first kappa shape index (κ1) is 21.9. The standard InChI is InChI=1S/C24H22N4O2S/c1-17-11-12-18(24(30)27-19-7-3-2-4-8-19)15-21(17)26-16-23(29)28-20-9-5-6-10-22(20)31-14-13-25/h2-12,15,26H,14,16H2,1H3,(H,27,30)(H,28,29). The summed E-state index contributed by atoms with van der Waals surface area (Å²) in [7, 11) is 0. The van der Waals surface area contributed by atoms with E-state index in [9.17, 15) is 9.59 Å². The number of nitriles is 1. The average Bonchev–Trinajstić information content (AvgIpc) is 2.78. The molecule has 31 heavy (non-hydrogen) atoms. The average molecular weight is 431 g/mol. The fourth-order valence-corrected chi connectivity index (χ4v) is 3.52. The van der Waals surface area contributed by atoms with Crippen LogP contribution in [0.3, 0.4) is 0 Å². The number of carbonyl (C=O) groups is 2. The van der Waals surface area contributed by atoms with Crippen LogP contribution in [-0.4, -0.2) is 24.1 Å². The van der Waals surface area contributed by atoms with E-state index in [4.69, 9.17) is 5.26 Å². The molecule has 3 aromatic carbocycles. The first-order chi connectivity index (χ1) is 15.1. The summed E-state index contributed by atoms with van der Waals surface area (Å²) in [5.41, 5.74) is 3.52. The molecule has 0 bridgehead atoms. The predicted molar refractivity (Wildman–Crippen MR) is 125 cm³/mol. The lowest BCUT2D eigenvalue weighted by atomic mass is 10.1. The molecule has 0 saturated carbocycles. The van der Waals surface area contributed by atoms with Gasteiger partial charge in [0, 0.05) is 21.8 Å². The topological polar surface area (TPSA) is 94.0 Å². The SMILES string of the molecule is Cc1ccc(C(=O)Nc2ccccc2)cc1NCC(=O)Nc1ccccc1SCC#N. The molecule has 0 aliphatic carbocycles. The Morgan fingerprint density at radius 1 is 0.935 bits per heavy atom. The molecule has 0 heterocycles. The normalized spacial score (nSPS) is 10.1. The molecule has 0 aliphatic rings. The van der Waals surface area contributed by atoms with Crippen molar-refractivity contribution in [2.45, 2.75) is 11.8 Å². The van der Waals surface area contributed by atoms with Crippen LogP contribution in [0.25, 0.3) is 0 Å². The van der Waals surface area contributed by atoms with Crippen LogP contribution in [-0.2, 0) is 4.79 Å². The number of nitrogens with zero attached hydrogens (tertiary/aromatic N) is 1. The van der Waals surface area contributed by atoms with Gasteiger partial charge in [-0.25, -0.2) is 0 Å². The minimum Gasteiger partial charge on any atom is -0.376 e. The molecule has 3 N–H and O–H groups in total. The van der Waals surface area contributed by atoms with Crippen molar-refractivity contribution in [1.82, 2.24) is 0 Å². The molecule has 3 rings (SSSR count). The van der Waals surface area contributed by atoms with Gasteiger partial charge >= 0.3 is 0 Å². The van der Waals surface area contributed by atoms with Crippen molar-refractivity contribution in [2.24, 2.45) is 0 Å². The van der Waals surface area contributed by atoms with Crippen molar-refractivity contribution < 1.29 is 9.59 Å². The third-order valence-corrected chi connectivity index (χ3v) is 5.36. The number of hydrogen-bond donors (Lipinski definition) is 3. The summed E-state index contributed by atoms with van der Waals surface area (Å²) in [6.07, 6.45) is 0. The summed E-state index contributed by atoms with van der Waals surface area (Å²) in [5, 5.41) is 17.6. The number of carbonyl (C=O) groups excluding carboxylic acids is 2. The van der Waals surface area contributed by atoms with Crippen LogP contribution in [0.1, 0.15) is 15.9 Å². The Hall–Kier alpha value is -3.76. The van der Waals surface area contributed by atoms with E-state index >= 15 is 0 Å². The molecule has 0 fully saturated rings. The van der Waals surface area contributed by atoms with Gasteiger partial charge in [0.05, 0.1) is 24.1 Å². The maximum atomic E-state index is 12.5. The summed E-state index contributed by atoms with van der Waals surface area (Å²) in [6, 6.07) is 24.0. The quantitative estimate of drug-likeness (QED) is 0.441. The van der Waals surface area contributed by atoms with Gasteiger partial charge in [-0.15, -0.1) is 11.8 Å². The minimum absolute atomic E-state index is 0.0435. The van der Waals surface area contributed by atoms with Gasteiger partial charge in [-0.3, -0.25) is 9.59 Å². The maximum Gasteiger partial charge on any atom is 0.255 e. The van der Waals surface area contributed by atoms with E-state index in [0.717, 1.165) is 16.1 Å². The minimum atomic E-state index is -0.220. The Kier molecular flexibility index (Phi) is 7.68. The maximum absolute atomic E-state index is 12.5. The Bertz CT molecular complexity index is 1110. The molecule has 0 unspecified atom stereocenters. The molecular weight excluding hydrogens is 408 g/mol. The number of nitrogens with one attached hydrogen (secondary N) is 3. The third-order valence-electron chi connectivity index (χ3n) is 4.42. The van der Waals surface area contributed by atoms with Crippen LogP contribution in [0, 0.1) is 18.3 Å². The molecule has 7 heteroatoms. The molecule has 156 valence electrons. The van der Waals surface area contributed by atoms with Crippen LogP contribution < -0.4 is 16.0 Å². The zero-order chi connectivity index (χ0) is 22.1. The summed E-state index contributed by atoms with van der Waals surface area (Å²) >= 11 is 1.37. The van der Waals surface area contributed by atoms with E-state index in [0.29, 0.717) is 22.7 Å². The number of thioether (sulfide) groups is 1. The summed E-state index contributed by atoms with van der Waals surface area (Å²) in [4.78, 5) is 25.8. The Balaban J connectivity index is 1.63. The molecule has 0 saturated heterocycles. The van der Waals surface area contributed by atoms with E-state index in [-0.39, 0.29) is 18.4 Å². The Labute approximate surface area is 185 Å². The van der Waals surface area contributed by atoms with E-state index in [2.05, 4.69) is 22.0 Å². The Morgan fingerprint density at radius 3 is 2.45 bits per heavy atom. The summed E-state index contributed by atoms with van der Waals surface area (Å²) in [6.45, 7) is 1.95. The lowest BCUT2D eigenvalue weighted by Gasteiger charge is -2.13. The van der Waals surface area contributed by atoms with Crippen molar-refractivity contribution in [3.05, 3.63) is 83.9 Å². The van der Waals surface area contributed by atoms with Crippen LogP contribution >= 0.6 is 11.8 Å². The zero-order valence-electron chi connectivity index (χ0n) is 17.0. The fraction of sp³-hybridized carbons (Fsp3) is 0.125. The van der Waals surface area contributed by atoms with Crippen molar-refractivity contribution in [2.75, 3.05) is 28.2 Å². The van der Waals surface area contributed by atoms with Crippen molar-refractivity contribution in [3.63, 3.8) is 0 Å². The molecular formula is C24H22N4O2S. The van der Waals surface area contributed by atoms with Crippen LogP contribution in [0.2, 0.25) is 0 Å². The first-order valence-electron chi connectivity index (χ1n) is 9.66. The number of amides is 2. The van der Waals surface area contributed by atoms with Gasteiger partial charge in [0.2, 0.25) is 5.91 Å². The van der Waals surface area contributed by atoms with E-state index in [1.807, 2.05) is 61.5 Å². The molecule has 0 radical (unpaired) electrons. The number of benzene rings is 3. The van der Waals surface area contributed by atoms with Gasteiger partial charge in [0.25, 0.3) is 5.91 Å². The van der Waals surface area contributed by atoms with Crippen molar-refractivity contribution in [3.8, 4) is 6.07 Å². The molecule has 2 amide bonds. The van der Waals surface area contributed by atoms with Gasteiger partial charge in [-0.2, -0.15) is 5.26 Å². The molecule has 0 aliphatic heterocycles. The second kappa shape index (κ2) is 10.9. The van der Waals surface area contributed by atoms with Gasteiger partial charge in [0.1, 0.15) is 0 Å². The molecule has 3 aromatic rings. The van der Waals surface area contributed by atoms with Crippen molar-refractivity contribution in [1.29, 1.82) is 5.26 Å². The number of aryl methyl sites for hydroxylation is 1. The van der Waals surface area contributed by atoms with E-state index < -0.39 is 0 Å². The number of para-hydroxylation sites is 2. The van der Waals surface area contributed by atoms with Gasteiger partial charge < -0.3 is 16.0 Å². The third kappa shape index (κ3) is 6.36. The first-order valence-corrected chi connectivity index (χ1v) is 10.6. The van der Waals surface area contributed by atoms with E-state index in [1.165, 1.54) is 11.8 Å². The number of hydrogen-bond acceptors (Lipinski definition) is 5. The van der Waals surface area contributed by atoms with Crippen LogP contribution in [0.5, 0.6) is 0 Å².